The highest BCUT2D eigenvalue weighted by molar-refractivity contribution is 7.98. The molecule has 3 rings (SSSR count). The first kappa shape index (κ1) is 26.1. The number of ether oxygens (including phenoxy) is 2. The Labute approximate surface area is 203 Å². The second-order valence-corrected chi connectivity index (χ2v) is 9.26. The zero-order chi connectivity index (χ0) is 24.7. The maximum Gasteiger partial charge on any atom is 0.416 e. The van der Waals surface area contributed by atoms with Gasteiger partial charge < -0.3 is 14.6 Å². The number of carbonyl (C=O) groups excluding carboxylic acids is 1. The van der Waals surface area contributed by atoms with E-state index in [9.17, 15) is 23.1 Å². The minimum Gasteiger partial charge on any atom is -0.482 e. The third kappa shape index (κ3) is 6.74. The first-order valence-electron chi connectivity index (χ1n) is 10.6. The molecule has 0 bridgehead atoms. The summed E-state index contributed by atoms with van der Waals surface area (Å²) in [5.74, 6) is 0.743. The van der Waals surface area contributed by atoms with Crippen molar-refractivity contribution in [2.24, 2.45) is 0 Å². The van der Waals surface area contributed by atoms with Gasteiger partial charge in [-0.1, -0.05) is 19.1 Å². The van der Waals surface area contributed by atoms with Crippen molar-refractivity contribution in [3.8, 4) is 16.3 Å². The Balaban J connectivity index is 1.70. The molecular weight excluding hydrogens is 487 g/mol. The number of aromatic nitrogens is 1. The van der Waals surface area contributed by atoms with Crippen molar-refractivity contribution in [3.05, 3.63) is 64.2 Å². The van der Waals surface area contributed by atoms with Gasteiger partial charge in [-0.25, -0.2) is 9.78 Å². The Morgan fingerprint density at radius 2 is 1.88 bits per heavy atom. The third-order valence-electron chi connectivity index (χ3n) is 4.82. The van der Waals surface area contributed by atoms with Gasteiger partial charge in [0, 0.05) is 21.1 Å². The number of alkyl halides is 3. The largest absolute Gasteiger partial charge is 0.482 e. The number of benzene rings is 2. The van der Waals surface area contributed by atoms with Crippen LogP contribution >= 0.6 is 23.1 Å². The van der Waals surface area contributed by atoms with Crippen LogP contribution < -0.4 is 4.74 Å². The summed E-state index contributed by atoms with van der Waals surface area (Å²) < 4.78 is 48.9. The molecule has 1 heterocycles. The Morgan fingerprint density at radius 3 is 2.50 bits per heavy atom. The smallest absolute Gasteiger partial charge is 0.416 e. The molecule has 0 spiro atoms. The molecule has 0 aliphatic rings. The molecular formula is C24H24F3NO4S2. The molecule has 0 aliphatic heterocycles. The SMILES string of the molecule is CCOC(=O)COc1ccc(SCc2sc(-c3ccc(C(F)(F)F)cc3)nc2CO)cc1CC. The van der Waals surface area contributed by atoms with Crippen molar-refractivity contribution in [2.45, 2.75) is 43.7 Å². The molecule has 5 nitrogen and oxygen atoms in total. The fourth-order valence-electron chi connectivity index (χ4n) is 3.10. The summed E-state index contributed by atoms with van der Waals surface area (Å²) in [4.78, 5) is 17.8. The van der Waals surface area contributed by atoms with Crippen molar-refractivity contribution in [3.63, 3.8) is 0 Å². The van der Waals surface area contributed by atoms with E-state index < -0.39 is 17.7 Å². The molecule has 0 saturated heterocycles. The normalized spacial score (nSPS) is 11.5. The highest BCUT2D eigenvalue weighted by Crippen LogP contribution is 2.36. The number of aliphatic hydroxyl groups excluding tert-OH is 1. The van der Waals surface area contributed by atoms with Gasteiger partial charge in [-0.3, -0.25) is 0 Å². The molecule has 0 fully saturated rings. The van der Waals surface area contributed by atoms with Crippen LogP contribution in [0.4, 0.5) is 13.2 Å². The van der Waals surface area contributed by atoms with Crippen LogP contribution in [0.2, 0.25) is 0 Å². The van der Waals surface area contributed by atoms with E-state index in [0.717, 1.165) is 27.5 Å². The second-order valence-electron chi connectivity index (χ2n) is 7.13. The number of rotatable bonds is 10. The van der Waals surface area contributed by atoms with Crippen LogP contribution in [0.15, 0.2) is 47.4 Å². The van der Waals surface area contributed by atoms with Crippen LogP contribution in [-0.4, -0.2) is 29.3 Å². The van der Waals surface area contributed by atoms with Gasteiger partial charge in [0.15, 0.2) is 6.61 Å². The van der Waals surface area contributed by atoms with Gasteiger partial charge in [-0.15, -0.1) is 23.1 Å². The maximum absolute atomic E-state index is 12.8. The second kappa shape index (κ2) is 11.7. The Morgan fingerprint density at radius 1 is 1.15 bits per heavy atom. The number of aliphatic hydroxyl groups is 1. The van der Waals surface area contributed by atoms with Crippen molar-refractivity contribution in [1.29, 1.82) is 0 Å². The minimum absolute atomic E-state index is 0.152. The third-order valence-corrected chi connectivity index (χ3v) is 7.17. The lowest BCUT2D eigenvalue weighted by Crippen LogP contribution is -2.15. The highest BCUT2D eigenvalue weighted by atomic mass is 32.2. The van der Waals surface area contributed by atoms with Crippen LogP contribution in [0.25, 0.3) is 10.6 Å². The van der Waals surface area contributed by atoms with Gasteiger partial charge in [0.05, 0.1) is 24.5 Å². The Bertz CT molecular complexity index is 1110. The number of aryl methyl sites for hydroxylation is 1. The van der Waals surface area contributed by atoms with Gasteiger partial charge in [0.2, 0.25) is 0 Å². The molecule has 0 aliphatic carbocycles. The topological polar surface area (TPSA) is 68.7 Å². The van der Waals surface area contributed by atoms with Gasteiger partial charge in [-0.2, -0.15) is 13.2 Å². The van der Waals surface area contributed by atoms with E-state index in [4.69, 9.17) is 9.47 Å². The molecule has 1 N–H and O–H groups in total. The molecule has 0 radical (unpaired) electrons. The van der Waals surface area contributed by atoms with Crippen molar-refractivity contribution >= 4 is 29.1 Å². The molecule has 2 aromatic carbocycles. The first-order chi connectivity index (χ1) is 16.2. The van der Waals surface area contributed by atoms with Gasteiger partial charge in [-0.05, 0) is 49.2 Å². The molecule has 0 unspecified atom stereocenters. The Hall–Kier alpha value is -2.56. The van der Waals surface area contributed by atoms with E-state index in [0.29, 0.717) is 40.8 Å². The zero-order valence-electron chi connectivity index (χ0n) is 18.6. The predicted octanol–water partition coefficient (Wildman–Crippen LogP) is 6.12. The molecule has 34 heavy (non-hydrogen) atoms. The number of hydrogen-bond donors (Lipinski definition) is 1. The lowest BCUT2D eigenvalue weighted by atomic mass is 10.1. The summed E-state index contributed by atoms with van der Waals surface area (Å²) in [5.41, 5.74) is 1.32. The fourth-order valence-corrected chi connectivity index (χ4v) is 5.23. The van der Waals surface area contributed by atoms with E-state index in [1.54, 1.807) is 18.7 Å². The fraction of sp³-hybridized carbons (Fsp3) is 0.333. The monoisotopic (exact) mass is 511 g/mol. The van der Waals surface area contributed by atoms with Crippen LogP contribution in [0.1, 0.15) is 35.5 Å². The van der Waals surface area contributed by atoms with E-state index in [1.807, 2.05) is 25.1 Å². The summed E-state index contributed by atoms with van der Waals surface area (Å²) in [6.07, 6.45) is -3.68. The first-order valence-corrected chi connectivity index (χ1v) is 12.4. The van der Waals surface area contributed by atoms with E-state index in [-0.39, 0.29) is 13.2 Å². The molecule has 0 saturated carbocycles. The van der Waals surface area contributed by atoms with E-state index in [1.165, 1.54) is 23.5 Å². The summed E-state index contributed by atoms with van der Waals surface area (Å²) in [6, 6.07) is 10.5. The highest BCUT2D eigenvalue weighted by Gasteiger charge is 2.30. The van der Waals surface area contributed by atoms with Crippen molar-refractivity contribution in [2.75, 3.05) is 13.2 Å². The lowest BCUT2D eigenvalue weighted by molar-refractivity contribution is -0.145. The van der Waals surface area contributed by atoms with Crippen LogP contribution in [0.5, 0.6) is 5.75 Å². The zero-order valence-corrected chi connectivity index (χ0v) is 20.3. The summed E-state index contributed by atoms with van der Waals surface area (Å²) >= 11 is 2.90. The molecule has 182 valence electrons. The Kier molecular flexibility index (Phi) is 8.98. The van der Waals surface area contributed by atoms with Crippen LogP contribution in [0, 0.1) is 0 Å². The van der Waals surface area contributed by atoms with Crippen LogP contribution in [0.3, 0.4) is 0 Å². The summed E-state index contributed by atoms with van der Waals surface area (Å²) in [6.45, 7) is 3.62. The number of carbonyl (C=O) groups is 1. The molecule has 3 aromatic rings. The minimum atomic E-state index is -4.39. The van der Waals surface area contributed by atoms with Gasteiger partial charge in [0.25, 0.3) is 0 Å². The molecule has 0 atom stereocenters. The number of nitrogens with zero attached hydrogens (tertiary/aromatic N) is 1. The van der Waals surface area contributed by atoms with E-state index in [2.05, 4.69) is 4.98 Å². The number of thiazole rings is 1. The predicted molar refractivity (Wildman–Crippen MR) is 126 cm³/mol. The summed E-state index contributed by atoms with van der Waals surface area (Å²) in [5, 5.41) is 10.3. The number of hydrogen-bond acceptors (Lipinski definition) is 7. The molecule has 10 heteroatoms. The van der Waals surface area contributed by atoms with Gasteiger partial charge in [0.1, 0.15) is 10.8 Å². The number of halogens is 3. The van der Waals surface area contributed by atoms with E-state index >= 15 is 0 Å². The average Bonchev–Trinajstić information content (AvgIpc) is 3.24. The molecule has 0 amide bonds. The molecule has 1 aromatic heterocycles. The van der Waals surface area contributed by atoms with Crippen molar-refractivity contribution < 1.29 is 32.5 Å². The standard InChI is InChI=1S/C24H24F3NO4S2/c1-3-15-11-18(9-10-20(15)32-13-22(30)31-4-2)33-14-21-19(12-29)28-23(34-21)16-5-7-17(8-6-16)24(25,26)27/h5-11,29H,3-4,12-14H2,1-2H3. The number of thioether (sulfide) groups is 1. The lowest BCUT2D eigenvalue weighted by Gasteiger charge is -2.11. The quantitative estimate of drug-likeness (QED) is 0.261. The number of esters is 1. The maximum atomic E-state index is 12.8. The van der Waals surface area contributed by atoms with Gasteiger partial charge >= 0.3 is 12.1 Å². The average molecular weight is 512 g/mol. The summed E-state index contributed by atoms with van der Waals surface area (Å²) in [7, 11) is 0. The van der Waals surface area contributed by atoms with Crippen LogP contribution in [-0.2, 0) is 34.5 Å². The van der Waals surface area contributed by atoms with Crippen molar-refractivity contribution in [1.82, 2.24) is 4.98 Å².